The molecule has 0 spiro atoms. The first-order chi connectivity index (χ1) is 7.27. The normalized spacial score (nSPS) is 26.8. The molecule has 0 amide bonds. The lowest BCUT2D eigenvalue weighted by Gasteiger charge is -2.33. The van der Waals surface area contributed by atoms with E-state index in [1.807, 2.05) is 0 Å². The second kappa shape index (κ2) is 7.17. The molecule has 0 aromatic rings. The quantitative estimate of drug-likeness (QED) is 0.645. The molecular weight excluding hydrogens is 194 g/mol. The lowest BCUT2D eigenvalue weighted by Crippen LogP contribution is -2.47. The molecule has 1 aliphatic rings. The molecule has 4 nitrogen and oxygen atoms in total. The maximum absolute atomic E-state index is 6.19. The van der Waals surface area contributed by atoms with Gasteiger partial charge >= 0.3 is 0 Å². The van der Waals surface area contributed by atoms with Gasteiger partial charge in [-0.1, -0.05) is 0 Å². The molecule has 0 aromatic carbocycles. The van der Waals surface area contributed by atoms with Gasteiger partial charge in [0.25, 0.3) is 0 Å². The number of methoxy groups -OCH3 is 1. The van der Waals surface area contributed by atoms with Crippen molar-refractivity contribution < 1.29 is 14.2 Å². The zero-order chi connectivity index (χ0) is 11.0. The van der Waals surface area contributed by atoms with E-state index in [4.69, 9.17) is 19.9 Å². The molecule has 90 valence electrons. The molecule has 15 heavy (non-hydrogen) atoms. The lowest BCUT2D eigenvalue weighted by molar-refractivity contribution is 0.0252. The van der Waals surface area contributed by atoms with Crippen molar-refractivity contribution in [3.05, 3.63) is 0 Å². The third-order valence-electron chi connectivity index (χ3n) is 2.75. The molecule has 0 aliphatic carbocycles. The van der Waals surface area contributed by atoms with Crippen molar-refractivity contribution in [1.82, 2.24) is 0 Å². The minimum Gasteiger partial charge on any atom is -0.382 e. The van der Waals surface area contributed by atoms with Gasteiger partial charge in [-0.25, -0.2) is 0 Å². The van der Waals surface area contributed by atoms with Gasteiger partial charge in [-0.15, -0.1) is 0 Å². The second-order valence-corrected chi connectivity index (χ2v) is 4.23. The Hall–Kier alpha value is -0.160. The third kappa shape index (κ3) is 5.47. The van der Waals surface area contributed by atoms with Crippen LogP contribution in [-0.2, 0) is 14.2 Å². The van der Waals surface area contributed by atoms with Crippen molar-refractivity contribution >= 4 is 0 Å². The minimum absolute atomic E-state index is 0.108. The summed E-state index contributed by atoms with van der Waals surface area (Å²) in [4.78, 5) is 0. The van der Waals surface area contributed by atoms with Crippen LogP contribution in [-0.4, -0.2) is 45.7 Å². The molecule has 1 atom stereocenters. The van der Waals surface area contributed by atoms with Gasteiger partial charge in [-0.05, 0) is 25.7 Å². The fourth-order valence-corrected chi connectivity index (χ4v) is 1.84. The van der Waals surface area contributed by atoms with Crippen molar-refractivity contribution in [1.29, 1.82) is 0 Å². The zero-order valence-electron chi connectivity index (χ0n) is 9.67. The Labute approximate surface area is 92.1 Å². The second-order valence-electron chi connectivity index (χ2n) is 4.23. The fraction of sp³-hybridized carbons (Fsp3) is 1.00. The van der Waals surface area contributed by atoms with Gasteiger partial charge in [0, 0.05) is 25.9 Å². The average molecular weight is 217 g/mol. The van der Waals surface area contributed by atoms with E-state index >= 15 is 0 Å². The van der Waals surface area contributed by atoms with Crippen molar-refractivity contribution in [2.75, 3.05) is 40.1 Å². The van der Waals surface area contributed by atoms with E-state index in [9.17, 15) is 0 Å². The van der Waals surface area contributed by atoms with E-state index in [1.165, 1.54) is 0 Å². The van der Waals surface area contributed by atoms with Gasteiger partial charge in [-0.3, -0.25) is 0 Å². The molecule has 0 radical (unpaired) electrons. The van der Waals surface area contributed by atoms with E-state index < -0.39 is 0 Å². The summed E-state index contributed by atoms with van der Waals surface area (Å²) in [6, 6.07) is 0. The highest BCUT2D eigenvalue weighted by Crippen LogP contribution is 2.21. The molecule has 1 heterocycles. The first-order valence-corrected chi connectivity index (χ1v) is 5.70. The Morgan fingerprint density at radius 1 is 1.33 bits per heavy atom. The molecule has 2 N–H and O–H groups in total. The average Bonchev–Trinajstić information content (AvgIpc) is 2.24. The van der Waals surface area contributed by atoms with Crippen LogP contribution in [0, 0.1) is 0 Å². The van der Waals surface area contributed by atoms with Gasteiger partial charge in [0.2, 0.25) is 0 Å². The van der Waals surface area contributed by atoms with Crippen molar-refractivity contribution in [2.45, 2.75) is 31.2 Å². The lowest BCUT2D eigenvalue weighted by atomic mass is 9.89. The summed E-state index contributed by atoms with van der Waals surface area (Å²) in [5.41, 5.74) is 6.09. The molecule has 4 heteroatoms. The summed E-state index contributed by atoms with van der Waals surface area (Å²) in [5, 5.41) is 0. The maximum Gasteiger partial charge on any atom is 0.0700 e. The highest BCUT2D eigenvalue weighted by molar-refractivity contribution is 4.85. The fourth-order valence-electron chi connectivity index (χ4n) is 1.84. The summed E-state index contributed by atoms with van der Waals surface area (Å²) in [5.74, 6) is 0. The van der Waals surface area contributed by atoms with Crippen LogP contribution >= 0.6 is 0 Å². The Balaban J connectivity index is 1.98. The van der Waals surface area contributed by atoms with Crippen LogP contribution < -0.4 is 5.73 Å². The molecule has 0 bridgehead atoms. The summed E-state index contributed by atoms with van der Waals surface area (Å²) < 4.78 is 15.7. The topological polar surface area (TPSA) is 53.7 Å². The van der Waals surface area contributed by atoms with Crippen LogP contribution in [0.2, 0.25) is 0 Å². The van der Waals surface area contributed by atoms with Gasteiger partial charge in [0.05, 0.1) is 19.8 Å². The number of hydrogen-bond acceptors (Lipinski definition) is 4. The van der Waals surface area contributed by atoms with Crippen LogP contribution in [0.15, 0.2) is 0 Å². The Bertz CT molecular complexity index is 158. The standard InChI is InChI=1S/C11H23NO3/c1-13-8-9-14-6-2-4-11(12)5-3-7-15-10-11/h2-10,12H2,1H3. The molecule has 0 saturated carbocycles. The van der Waals surface area contributed by atoms with Crippen molar-refractivity contribution in [3.63, 3.8) is 0 Å². The monoisotopic (exact) mass is 217 g/mol. The Morgan fingerprint density at radius 2 is 2.20 bits per heavy atom. The van der Waals surface area contributed by atoms with Crippen LogP contribution in [0.4, 0.5) is 0 Å². The molecule has 1 aliphatic heterocycles. The minimum atomic E-state index is -0.108. The first-order valence-electron chi connectivity index (χ1n) is 5.70. The highest BCUT2D eigenvalue weighted by Gasteiger charge is 2.27. The summed E-state index contributed by atoms with van der Waals surface area (Å²) in [7, 11) is 1.68. The summed E-state index contributed by atoms with van der Waals surface area (Å²) in [6.07, 6.45) is 4.15. The molecular formula is C11H23NO3. The summed E-state index contributed by atoms with van der Waals surface area (Å²) >= 11 is 0. The van der Waals surface area contributed by atoms with E-state index in [2.05, 4.69) is 0 Å². The SMILES string of the molecule is COCCOCCCC1(N)CCCOC1. The zero-order valence-corrected chi connectivity index (χ0v) is 9.67. The van der Waals surface area contributed by atoms with E-state index in [1.54, 1.807) is 7.11 Å². The third-order valence-corrected chi connectivity index (χ3v) is 2.75. The first kappa shape index (κ1) is 12.9. The number of ether oxygens (including phenoxy) is 3. The van der Waals surface area contributed by atoms with Gasteiger partial charge in [0.15, 0.2) is 0 Å². The number of rotatable bonds is 7. The van der Waals surface area contributed by atoms with Gasteiger partial charge in [0.1, 0.15) is 0 Å². The number of nitrogens with two attached hydrogens (primary N) is 1. The summed E-state index contributed by atoms with van der Waals surface area (Å²) in [6.45, 7) is 3.66. The maximum atomic E-state index is 6.19. The highest BCUT2D eigenvalue weighted by atomic mass is 16.5. The van der Waals surface area contributed by atoms with Crippen molar-refractivity contribution in [3.8, 4) is 0 Å². The predicted molar refractivity (Wildman–Crippen MR) is 58.9 cm³/mol. The largest absolute Gasteiger partial charge is 0.382 e. The molecule has 1 fully saturated rings. The van der Waals surface area contributed by atoms with Crippen molar-refractivity contribution in [2.24, 2.45) is 5.73 Å². The van der Waals surface area contributed by atoms with E-state index in [-0.39, 0.29) is 5.54 Å². The van der Waals surface area contributed by atoms with Crippen LogP contribution in [0.5, 0.6) is 0 Å². The van der Waals surface area contributed by atoms with E-state index in [0.717, 1.165) is 38.9 Å². The van der Waals surface area contributed by atoms with E-state index in [0.29, 0.717) is 19.8 Å². The van der Waals surface area contributed by atoms with Gasteiger partial charge < -0.3 is 19.9 Å². The number of hydrogen-bond donors (Lipinski definition) is 1. The predicted octanol–water partition coefficient (Wildman–Crippen LogP) is 0.937. The smallest absolute Gasteiger partial charge is 0.0700 e. The van der Waals surface area contributed by atoms with Gasteiger partial charge in [-0.2, -0.15) is 0 Å². The molecule has 1 saturated heterocycles. The van der Waals surface area contributed by atoms with Crippen LogP contribution in [0.25, 0.3) is 0 Å². The molecule has 1 unspecified atom stereocenters. The molecule has 1 rings (SSSR count). The van der Waals surface area contributed by atoms with Crippen LogP contribution in [0.1, 0.15) is 25.7 Å². The van der Waals surface area contributed by atoms with Crippen LogP contribution in [0.3, 0.4) is 0 Å². The molecule has 0 aromatic heterocycles. The Morgan fingerprint density at radius 3 is 2.87 bits per heavy atom. The Kier molecular flexibility index (Phi) is 6.17.